The average molecular weight is 572 g/mol. The summed E-state index contributed by atoms with van der Waals surface area (Å²) in [6, 6.07) is 7.38. The molecule has 1 fully saturated rings. The molecular weight excluding hydrogens is 535 g/mol. The molecule has 0 spiro atoms. The van der Waals surface area contributed by atoms with Crippen LogP contribution in [0.15, 0.2) is 66.4 Å². The number of hydrogen-bond donors (Lipinski definition) is 1. The predicted octanol–water partition coefficient (Wildman–Crippen LogP) is 6.49. The van der Waals surface area contributed by atoms with E-state index in [1.54, 1.807) is 42.2 Å². The standard InChI is InChI=1S/C30H36F3N5O3/c1-6-7-22(20-39)18-21(2)8-13-26-25(30(31,32)33)19-34-27(36-26)35-23-9-11-24(12-10-23)37-14-16-38(17-15-37)28(40)41-29(3,4)5/h6-7,9-12,18-20H,2,8,13-17H2,1,3-5H3,(H,34,35,36)/b7-6-,22-18+. The minimum Gasteiger partial charge on any atom is -0.444 e. The van der Waals surface area contributed by atoms with Crippen molar-refractivity contribution in [2.24, 2.45) is 0 Å². The summed E-state index contributed by atoms with van der Waals surface area (Å²) in [5.74, 6) is 0.0374. The summed E-state index contributed by atoms with van der Waals surface area (Å²) in [4.78, 5) is 35.3. The summed E-state index contributed by atoms with van der Waals surface area (Å²) in [6.07, 6.45) is 1.48. The minimum atomic E-state index is -4.61. The molecule has 0 saturated carbocycles. The number of carbonyl (C=O) groups excluding carboxylic acids is 2. The van der Waals surface area contributed by atoms with Crippen LogP contribution in [0.25, 0.3) is 0 Å². The molecule has 1 aliphatic rings. The number of piperazine rings is 1. The van der Waals surface area contributed by atoms with Gasteiger partial charge in [0.1, 0.15) is 11.9 Å². The maximum absolute atomic E-state index is 13.6. The average Bonchev–Trinajstić information content (AvgIpc) is 2.90. The van der Waals surface area contributed by atoms with E-state index in [-0.39, 0.29) is 30.6 Å². The molecule has 3 rings (SSSR count). The number of carbonyl (C=O) groups is 2. The Kier molecular flexibility index (Phi) is 10.3. The van der Waals surface area contributed by atoms with Gasteiger partial charge in [0.25, 0.3) is 0 Å². The van der Waals surface area contributed by atoms with Gasteiger partial charge in [-0.2, -0.15) is 13.2 Å². The van der Waals surface area contributed by atoms with Crippen LogP contribution in [0.1, 0.15) is 45.4 Å². The summed E-state index contributed by atoms with van der Waals surface area (Å²) in [5.41, 5.74) is 0.829. The number of hydrogen-bond acceptors (Lipinski definition) is 7. The van der Waals surface area contributed by atoms with Crippen LogP contribution in [-0.4, -0.2) is 59.0 Å². The Hall–Kier alpha value is -4.15. The van der Waals surface area contributed by atoms with Gasteiger partial charge in [0.05, 0.1) is 11.3 Å². The number of rotatable bonds is 9. The quantitative estimate of drug-likeness (QED) is 0.209. The Morgan fingerprint density at radius 3 is 2.34 bits per heavy atom. The van der Waals surface area contributed by atoms with Gasteiger partial charge in [0.15, 0.2) is 0 Å². The van der Waals surface area contributed by atoms with Crippen LogP contribution in [0, 0.1) is 0 Å². The van der Waals surface area contributed by atoms with Crippen LogP contribution >= 0.6 is 0 Å². The molecule has 1 saturated heterocycles. The largest absolute Gasteiger partial charge is 0.444 e. The number of allylic oxidation sites excluding steroid dienone is 5. The molecule has 0 atom stereocenters. The van der Waals surface area contributed by atoms with E-state index in [9.17, 15) is 22.8 Å². The molecule has 1 aromatic heterocycles. The molecule has 0 aliphatic carbocycles. The fourth-order valence-corrected chi connectivity index (χ4v) is 4.16. The topological polar surface area (TPSA) is 87.7 Å². The summed E-state index contributed by atoms with van der Waals surface area (Å²) >= 11 is 0. The van der Waals surface area contributed by atoms with E-state index in [4.69, 9.17) is 4.74 Å². The Bertz CT molecular complexity index is 1290. The highest BCUT2D eigenvalue weighted by Crippen LogP contribution is 2.32. The Morgan fingerprint density at radius 1 is 1.12 bits per heavy atom. The summed E-state index contributed by atoms with van der Waals surface area (Å²) in [6.45, 7) is 13.5. The summed E-state index contributed by atoms with van der Waals surface area (Å²) in [5, 5.41) is 2.98. The monoisotopic (exact) mass is 571 g/mol. The first kappa shape index (κ1) is 31.4. The van der Waals surface area contributed by atoms with E-state index >= 15 is 0 Å². The Balaban J connectivity index is 1.66. The lowest BCUT2D eigenvalue weighted by Crippen LogP contribution is -2.50. The summed E-state index contributed by atoms with van der Waals surface area (Å²) in [7, 11) is 0. The van der Waals surface area contributed by atoms with E-state index in [1.807, 2.05) is 32.9 Å². The summed E-state index contributed by atoms with van der Waals surface area (Å²) < 4.78 is 46.3. The molecule has 2 aromatic rings. The van der Waals surface area contributed by atoms with Gasteiger partial charge in [-0.3, -0.25) is 4.79 Å². The molecule has 0 radical (unpaired) electrons. The number of amides is 1. The van der Waals surface area contributed by atoms with E-state index in [0.29, 0.717) is 49.3 Å². The first-order valence-corrected chi connectivity index (χ1v) is 13.3. The molecular formula is C30H36F3N5O3. The molecule has 41 heavy (non-hydrogen) atoms. The van der Waals surface area contributed by atoms with Crippen molar-refractivity contribution >= 4 is 29.7 Å². The lowest BCUT2D eigenvalue weighted by atomic mass is 10.0. The third-order valence-corrected chi connectivity index (χ3v) is 6.14. The zero-order valence-electron chi connectivity index (χ0n) is 23.8. The molecule has 1 N–H and O–H groups in total. The number of aldehydes is 1. The fraction of sp³-hybridized carbons (Fsp3) is 0.400. The maximum Gasteiger partial charge on any atom is 0.419 e. The number of anilines is 3. The second-order valence-corrected chi connectivity index (χ2v) is 10.6. The van der Waals surface area contributed by atoms with Crippen molar-refractivity contribution in [2.45, 2.75) is 52.3 Å². The second kappa shape index (κ2) is 13.5. The number of aromatic nitrogens is 2. The van der Waals surface area contributed by atoms with Gasteiger partial charge < -0.3 is 19.9 Å². The number of ether oxygens (including phenoxy) is 1. The SMILES string of the molecule is C=C(/C=C(C=O)\C=C/C)CCc1nc(Nc2ccc(N3CCN(C(=O)OC(C)(C)C)CC3)cc2)ncc1C(F)(F)F. The lowest BCUT2D eigenvalue weighted by molar-refractivity contribution is -0.138. The second-order valence-electron chi connectivity index (χ2n) is 10.6. The molecule has 8 nitrogen and oxygen atoms in total. The number of alkyl halides is 3. The van der Waals surface area contributed by atoms with Crippen LogP contribution < -0.4 is 10.2 Å². The van der Waals surface area contributed by atoms with Crippen LogP contribution in [0.3, 0.4) is 0 Å². The Labute approximate surface area is 238 Å². The number of halogens is 3. The number of nitrogens with zero attached hydrogens (tertiary/aromatic N) is 4. The van der Waals surface area contributed by atoms with Crippen LogP contribution in [0.2, 0.25) is 0 Å². The van der Waals surface area contributed by atoms with Crippen LogP contribution in [0.5, 0.6) is 0 Å². The highest BCUT2D eigenvalue weighted by Gasteiger charge is 2.35. The van der Waals surface area contributed by atoms with Crippen molar-refractivity contribution in [3.63, 3.8) is 0 Å². The van der Waals surface area contributed by atoms with Crippen molar-refractivity contribution in [1.82, 2.24) is 14.9 Å². The van der Waals surface area contributed by atoms with Gasteiger partial charge in [-0.1, -0.05) is 24.3 Å². The van der Waals surface area contributed by atoms with Gasteiger partial charge in [-0.25, -0.2) is 14.8 Å². The van der Waals surface area contributed by atoms with Crippen LogP contribution in [0.4, 0.5) is 35.3 Å². The number of benzene rings is 1. The minimum absolute atomic E-state index is 0.0302. The zero-order valence-corrected chi connectivity index (χ0v) is 23.8. The van der Waals surface area contributed by atoms with Crippen LogP contribution in [-0.2, 0) is 22.1 Å². The van der Waals surface area contributed by atoms with Crippen molar-refractivity contribution in [3.8, 4) is 0 Å². The van der Waals surface area contributed by atoms with E-state index in [1.165, 1.54) is 0 Å². The molecule has 2 heterocycles. The smallest absolute Gasteiger partial charge is 0.419 e. The van der Waals surface area contributed by atoms with E-state index in [2.05, 4.69) is 26.8 Å². The van der Waals surface area contributed by atoms with Crippen molar-refractivity contribution in [1.29, 1.82) is 0 Å². The predicted molar refractivity (Wildman–Crippen MR) is 153 cm³/mol. The maximum atomic E-state index is 13.6. The molecule has 1 aromatic carbocycles. The lowest BCUT2D eigenvalue weighted by Gasteiger charge is -2.36. The van der Waals surface area contributed by atoms with E-state index < -0.39 is 17.3 Å². The van der Waals surface area contributed by atoms with Gasteiger partial charge in [0, 0.05) is 49.3 Å². The molecule has 1 amide bonds. The molecule has 0 unspecified atom stereocenters. The highest BCUT2D eigenvalue weighted by atomic mass is 19.4. The van der Waals surface area contributed by atoms with Crippen molar-refractivity contribution in [2.75, 3.05) is 36.4 Å². The normalized spacial score (nSPS) is 14.8. The number of aryl methyl sites for hydroxylation is 1. The number of nitrogens with one attached hydrogen (secondary N) is 1. The molecule has 0 bridgehead atoms. The molecule has 220 valence electrons. The van der Waals surface area contributed by atoms with Crippen molar-refractivity contribution in [3.05, 3.63) is 77.7 Å². The zero-order chi connectivity index (χ0) is 30.2. The Morgan fingerprint density at radius 2 is 1.78 bits per heavy atom. The van der Waals surface area contributed by atoms with Crippen molar-refractivity contribution < 1.29 is 27.5 Å². The van der Waals surface area contributed by atoms with Gasteiger partial charge in [-0.05, 0) is 70.9 Å². The van der Waals surface area contributed by atoms with Gasteiger partial charge in [-0.15, -0.1) is 0 Å². The first-order chi connectivity index (χ1) is 19.3. The molecule has 11 heteroatoms. The third-order valence-electron chi connectivity index (χ3n) is 6.14. The van der Waals surface area contributed by atoms with E-state index in [0.717, 1.165) is 11.9 Å². The highest BCUT2D eigenvalue weighted by molar-refractivity contribution is 5.78. The molecule has 1 aliphatic heterocycles. The van der Waals surface area contributed by atoms with Gasteiger partial charge in [0.2, 0.25) is 5.95 Å². The third kappa shape index (κ3) is 9.47. The fourth-order valence-electron chi connectivity index (χ4n) is 4.16. The first-order valence-electron chi connectivity index (χ1n) is 13.3. The van der Waals surface area contributed by atoms with Gasteiger partial charge >= 0.3 is 12.3 Å².